The molecule has 1 aliphatic heterocycles. The molecule has 2 rings (SSSR count). The molecule has 21 heavy (non-hydrogen) atoms. The Morgan fingerprint density at radius 2 is 1.71 bits per heavy atom. The molecule has 116 valence electrons. The van der Waals surface area contributed by atoms with Crippen molar-refractivity contribution in [3.8, 4) is 0 Å². The van der Waals surface area contributed by atoms with Gasteiger partial charge in [0, 0.05) is 23.7 Å². The highest BCUT2D eigenvalue weighted by molar-refractivity contribution is 6.07. The third-order valence-corrected chi connectivity index (χ3v) is 4.70. The lowest BCUT2D eigenvalue weighted by Crippen LogP contribution is -2.52. The van der Waals surface area contributed by atoms with E-state index in [9.17, 15) is 14.4 Å². The van der Waals surface area contributed by atoms with E-state index in [-0.39, 0.29) is 17.2 Å². The van der Waals surface area contributed by atoms with E-state index in [4.69, 9.17) is 5.11 Å². The molecule has 0 radical (unpaired) electrons. The number of hydrogen-bond donors (Lipinski definition) is 2. The van der Waals surface area contributed by atoms with Gasteiger partial charge in [0.25, 0.3) is 5.91 Å². The van der Waals surface area contributed by atoms with E-state index in [0.717, 1.165) is 32.1 Å². The number of carbonyl (C=O) groups is 3. The maximum Gasteiger partial charge on any atom is 0.331 e. The highest BCUT2D eigenvalue weighted by atomic mass is 16.4. The van der Waals surface area contributed by atoms with Gasteiger partial charge in [-0.25, -0.2) is 9.59 Å². The molecule has 0 aromatic rings. The first-order valence-electron chi connectivity index (χ1n) is 7.44. The molecule has 2 aliphatic rings. The minimum absolute atomic E-state index is 0.0438. The average Bonchev–Trinajstić information content (AvgIpc) is 2.93. The van der Waals surface area contributed by atoms with Gasteiger partial charge in [0.1, 0.15) is 0 Å². The van der Waals surface area contributed by atoms with Crippen LogP contribution in [-0.2, 0) is 9.59 Å². The highest BCUT2D eigenvalue weighted by Crippen LogP contribution is 2.36. The third kappa shape index (κ3) is 3.25. The predicted molar refractivity (Wildman–Crippen MR) is 76.6 cm³/mol. The monoisotopic (exact) mass is 294 g/mol. The molecule has 1 heterocycles. The molecular weight excluding hydrogens is 272 g/mol. The van der Waals surface area contributed by atoms with Crippen molar-refractivity contribution in [2.75, 3.05) is 6.54 Å². The lowest BCUT2D eigenvalue weighted by atomic mass is 9.92. The second kappa shape index (κ2) is 6.28. The number of carboxylic acids is 1. The number of hydrogen-bond acceptors (Lipinski definition) is 3. The summed E-state index contributed by atoms with van der Waals surface area (Å²) < 4.78 is 0. The van der Waals surface area contributed by atoms with E-state index in [1.165, 1.54) is 13.8 Å². The fraction of sp³-hybridized carbons (Fsp3) is 0.667. The van der Waals surface area contributed by atoms with Crippen LogP contribution < -0.4 is 5.32 Å². The van der Waals surface area contributed by atoms with Crippen LogP contribution in [0.3, 0.4) is 0 Å². The number of imide groups is 1. The molecule has 6 heteroatoms. The summed E-state index contributed by atoms with van der Waals surface area (Å²) in [5.41, 5.74) is 0.0218. The first-order valence-corrected chi connectivity index (χ1v) is 7.44. The van der Waals surface area contributed by atoms with Crippen LogP contribution in [0.15, 0.2) is 11.1 Å². The van der Waals surface area contributed by atoms with E-state index in [0.29, 0.717) is 12.5 Å². The van der Waals surface area contributed by atoms with E-state index < -0.39 is 17.9 Å². The van der Waals surface area contributed by atoms with Gasteiger partial charge >= 0.3 is 12.0 Å². The molecule has 2 unspecified atom stereocenters. The minimum atomic E-state index is -1.15. The Labute approximate surface area is 124 Å². The maximum absolute atomic E-state index is 12.3. The Kier molecular flexibility index (Phi) is 4.65. The fourth-order valence-electron chi connectivity index (χ4n) is 3.30. The van der Waals surface area contributed by atoms with Crippen molar-refractivity contribution < 1.29 is 19.5 Å². The number of piperidine rings is 1. The zero-order chi connectivity index (χ0) is 15.6. The second-order valence-electron chi connectivity index (χ2n) is 5.91. The average molecular weight is 294 g/mol. The smallest absolute Gasteiger partial charge is 0.331 e. The Balaban J connectivity index is 2.02. The lowest BCUT2D eigenvalue weighted by molar-refractivity contribution is -0.133. The van der Waals surface area contributed by atoms with Gasteiger partial charge in [-0.15, -0.1) is 0 Å². The number of aliphatic carboxylic acids is 1. The molecule has 0 bridgehead atoms. The topological polar surface area (TPSA) is 86.7 Å². The quantitative estimate of drug-likeness (QED) is 0.762. The summed E-state index contributed by atoms with van der Waals surface area (Å²) in [6.45, 7) is 3.44. The summed E-state index contributed by atoms with van der Waals surface area (Å²) >= 11 is 0. The summed E-state index contributed by atoms with van der Waals surface area (Å²) in [5, 5.41) is 11.2. The van der Waals surface area contributed by atoms with Gasteiger partial charge in [-0.2, -0.15) is 0 Å². The van der Waals surface area contributed by atoms with Crippen LogP contribution in [0.1, 0.15) is 46.0 Å². The number of amides is 3. The lowest BCUT2D eigenvalue weighted by Gasteiger charge is -2.37. The van der Waals surface area contributed by atoms with Crippen molar-refractivity contribution in [1.82, 2.24) is 10.2 Å². The van der Waals surface area contributed by atoms with Crippen LogP contribution in [0.25, 0.3) is 0 Å². The molecule has 2 fully saturated rings. The van der Waals surface area contributed by atoms with Crippen LogP contribution in [0, 0.1) is 5.92 Å². The summed E-state index contributed by atoms with van der Waals surface area (Å²) in [4.78, 5) is 36.8. The van der Waals surface area contributed by atoms with E-state index >= 15 is 0 Å². The van der Waals surface area contributed by atoms with Gasteiger partial charge in [-0.3, -0.25) is 10.1 Å². The molecule has 0 aromatic carbocycles. The van der Waals surface area contributed by atoms with Crippen molar-refractivity contribution in [3.63, 3.8) is 0 Å². The summed E-state index contributed by atoms with van der Waals surface area (Å²) in [7, 11) is 0. The minimum Gasteiger partial charge on any atom is -0.478 e. The van der Waals surface area contributed by atoms with E-state index in [1.54, 1.807) is 4.90 Å². The second-order valence-corrected chi connectivity index (χ2v) is 5.91. The molecule has 6 nitrogen and oxygen atoms in total. The van der Waals surface area contributed by atoms with Crippen LogP contribution in [-0.4, -0.2) is 40.5 Å². The molecule has 3 amide bonds. The van der Waals surface area contributed by atoms with Gasteiger partial charge < -0.3 is 10.0 Å². The summed E-state index contributed by atoms with van der Waals surface area (Å²) in [5.74, 6) is -1.22. The fourth-order valence-corrected chi connectivity index (χ4v) is 3.30. The third-order valence-electron chi connectivity index (χ3n) is 4.70. The van der Waals surface area contributed by atoms with E-state index in [2.05, 4.69) is 5.32 Å². The number of carbonyl (C=O) groups excluding carboxylic acids is 2. The Morgan fingerprint density at radius 1 is 1.05 bits per heavy atom. The van der Waals surface area contributed by atoms with Crippen LogP contribution in [0.2, 0.25) is 0 Å². The summed E-state index contributed by atoms with van der Waals surface area (Å²) in [6.07, 6.45) is 5.39. The van der Waals surface area contributed by atoms with Gasteiger partial charge in [0.05, 0.1) is 0 Å². The number of likely N-dealkylation sites (tertiary alicyclic amines) is 1. The molecule has 1 saturated heterocycles. The Bertz CT molecular complexity index is 498. The van der Waals surface area contributed by atoms with Gasteiger partial charge in [-0.1, -0.05) is 6.42 Å². The van der Waals surface area contributed by atoms with E-state index in [1.807, 2.05) is 0 Å². The predicted octanol–water partition coefficient (Wildman–Crippen LogP) is 1.91. The first-order chi connectivity index (χ1) is 9.91. The summed E-state index contributed by atoms with van der Waals surface area (Å²) in [6, 6.07) is -0.162. The zero-order valence-corrected chi connectivity index (χ0v) is 12.5. The normalized spacial score (nSPS) is 25.9. The van der Waals surface area contributed by atoms with Crippen LogP contribution >= 0.6 is 0 Å². The Hall–Kier alpha value is -1.85. The largest absolute Gasteiger partial charge is 0.478 e. The molecule has 1 aliphatic carbocycles. The number of nitrogens with one attached hydrogen (secondary N) is 1. The van der Waals surface area contributed by atoms with Gasteiger partial charge in [0.15, 0.2) is 0 Å². The molecule has 2 atom stereocenters. The number of fused-ring (bicyclic) bond motifs is 1. The zero-order valence-electron chi connectivity index (χ0n) is 12.5. The molecule has 0 spiro atoms. The first kappa shape index (κ1) is 15.5. The standard InChI is InChI=1S/C15H22N2O4/c1-9(10(2)14(19)20)13(18)16-15(21)17-8-4-6-11-5-3-7-12(11)17/h11-12H,3-8H2,1-2H3,(H,19,20)(H,16,18,21). The van der Waals surface area contributed by atoms with Crippen molar-refractivity contribution in [2.45, 2.75) is 52.0 Å². The molecule has 0 aromatic heterocycles. The van der Waals surface area contributed by atoms with Crippen molar-refractivity contribution in [3.05, 3.63) is 11.1 Å². The van der Waals surface area contributed by atoms with Crippen molar-refractivity contribution in [1.29, 1.82) is 0 Å². The van der Waals surface area contributed by atoms with Crippen LogP contribution in [0.5, 0.6) is 0 Å². The number of carboxylic acid groups (broad SMARTS) is 1. The SMILES string of the molecule is CC(C(=O)O)=C(C)C(=O)NC(=O)N1CCCC2CCCC21. The van der Waals surface area contributed by atoms with Crippen LogP contribution in [0.4, 0.5) is 4.79 Å². The molecular formula is C15H22N2O4. The van der Waals surface area contributed by atoms with Gasteiger partial charge in [-0.05, 0) is 45.4 Å². The molecule has 2 N–H and O–H groups in total. The van der Waals surface area contributed by atoms with Crippen molar-refractivity contribution >= 4 is 17.9 Å². The van der Waals surface area contributed by atoms with Gasteiger partial charge in [0.2, 0.25) is 0 Å². The highest BCUT2D eigenvalue weighted by Gasteiger charge is 2.37. The molecule has 1 saturated carbocycles. The Morgan fingerprint density at radius 3 is 2.38 bits per heavy atom. The maximum atomic E-state index is 12.3. The number of nitrogens with zero attached hydrogens (tertiary/aromatic N) is 1. The number of urea groups is 1. The number of rotatable bonds is 2. The van der Waals surface area contributed by atoms with Crippen molar-refractivity contribution in [2.24, 2.45) is 5.92 Å².